The zero-order valence-corrected chi connectivity index (χ0v) is 40.7. The van der Waals surface area contributed by atoms with Crippen LogP contribution in [0.2, 0.25) is 5.02 Å². The average Bonchev–Trinajstić information content (AvgIpc) is 3.97. The number of nitriles is 1. The summed E-state index contributed by atoms with van der Waals surface area (Å²) in [6.45, 7) is 15.7. The fraction of sp³-hybridized carbons (Fsp3) is 0.500. The number of hydrogen-bond donors (Lipinski definition) is 7. The molecule has 1 aliphatic carbocycles. The normalized spacial score (nSPS) is 20.8. The van der Waals surface area contributed by atoms with Crippen molar-refractivity contribution in [2.75, 3.05) is 31.6 Å². The van der Waals surface area contributed by atoms with Gasteiger partial charge >= 0.3 is 0 Å². The Morgan fingerprint density at radius 3 is 2.29 bits per heavy atom. The van der Waals surface area contributed by atoms with Gasteiger partial charge in [-0.15, -0.1) is 0 Å². The number of anilines is 1. The molecule has 1 saturated heterocycles. The van der Waals surface area contributed by atoms with Crippen molar-refractivity contribution >= 4 is 40.9 Å². The number of aliphatic hydroxyl groups excluding tert-OH is 1. The van der Waals surface area contributed by atoms with Gasteiger partial charge in [0.2, 0.25) is 17.7 Å². The predicted molar refractivity (Wildman–Crippen MR) is 256 cm³/mol. The molecule has 2 heterocycles. The first kappa shape index (κ1) is 51.3. The number of aromatic amines is 1. The molecule has 3 aromatic carbocycles. The van der Waals surface area contributed by atoms with E-state index in [2.05, 4.69) is 70.4 Å². The Labute approximate surface area is 402 Å². The third-order valence-electron chi connectivity index (χ3n) is 12.9. The van der Waals surface area contributed by atoms with Crippen LogP contribution in [-0.4, -0.2) is 111 Å². The second kappa shape index (κ2) is 21.1. The van der Waals surface area contributed by atoms with Crippen molar-refractivity contribution in [3.05, 3.63) is 94.6 Å². The first-order valence-corrected chi connectivity index (χ1v) is 23.3. The molecule has 4 amide bonds. The number of aromatic nitrogens is 3. The maximum atomic E-state index is 14.0. The minimum Gasteiger partial charge on any atom is -0.489 e. The molecule has 18 heteroatoms. The van der Waals surface area contributed by atoms with Crippen LogP contribution in [0.4, 0.5) is 5.69 Å². The van der Waals surface area contributed by atoms with Gasteiger partial charge in [0, 0.05) is 71.4 Å². The molecule has 17 nitrogen and oxygen atoms in total. The fourth-order valence-electron chi connectivity index (χ4n) is 9.48. The quantitative estimate of drug-likeness (QED) is 0.0444. The third kappa shape index (κ3) is 12.0. The van der Waals surface area contributed by atoms with E-state index in [1.54, 1.807) is 81.6 Å². The number of ether oxygens (including phenoxy) is 2. The van der Waals surface area contributed by atoms with E-state index < -0.39 is 47.0 Å². The van der Waals surface area contributed by atoms with Crippen molar-refractivity contribution < 1.29 is 38.9 Å². The largest absolute Gasteiger partial charge is 0.489 e. The minimum atomic E-state index is -1.80. The molecule has 68 heavy (non-hydrogen) atoms. The van der Waals surface area contributed by atoms with Gasteiger partial charge in [-0.05, 0) is 68.0 Å². The first-order chi connectivity index (χ1) is 32.0. The van der Waals surface area contributed by atoms with E-state index in [0.29, 0.717) is 52.7 Å². The van der Waals surface area contributed by atoms with Gasteiger partial charge in [-0.3, -0.25) is 19.2 Å². The number of benzene rings is 3. The van der Waals surface area contributed by atoms with Gasteiger partial charge in [-0.1, -0.05) is 84.3 Å². The Balaban J connectivity index is 0.894. The number of aliphatic hydroxyl groups is 2. The van der Waals surface area contributed by atoms with Crippen molar-refractivity contribution in [1.82, 2.24) is 36.3 Å². The van der Waals surface area contributed by atoms with E-state index in [1.165, 1.54) is 11.8 Å². The van der Waals surface area contributed by atoms with E-state index in [1.807, 2.05) is 12.1 Å². The Morgan fingerprint density at radius 2 is 1.68 bits per heavy atom. The summed E-state index contributed by atoms with van der Waals surface area (Å²) in [7, 11) is 0. The molecule has 6 rings (SSSR count). The van der Waals surface area contributed by atoms with Gasteiger partial charge in [0.05, 0.1) is 22.9 Å². The maximum Gasteiger partial charge on any atom is 0.251 e. The number of halogens is 1. The number of amides is 4. The van der Waals surface area contributed by atoms with Gasteiger partial charge in [0.25, 0.3) is 5.91 Å². The minimum absolute atomic E-state index is 0.0373. The summed E-state index contributed by atoms with van der Waals surface area (Å²) in [5.41, 5.74) is 0.236. The highest BCUT2D eigenvalue weighted by Crippen LogP contribution is 2.55. The van der Waals surface area contributed by atoms with Crippen LogP contribution in [0.25, 0.3) is 11.3 Å². The SMILES string of the molecule is CC1(C)C(NC(=O)c2ccc(NCCCCCOCC(=O)N[C@H](C(=O)N3C[C@H](O)C[C@H]3C(=O)N[C@@](C)(O)c3ccc(-c4cn[nH]n4)cc3)C(C)(C)C)cc2)C(C)(C)C1Oc1ccc(C#N)c(Cl)c1. The van der Waals surface area contributed by atoms with Gasteiger partial charge < -0.3 is 45.9 Å². The van der Waals surface area contributed by atoms with Crippen LogP contribution in [-0.2, 0) is 24.8 Å². The molecular formula is C50H64ClN9O8. The van der Waals surface area contributed by atoms with Crippen LogP contribution in [0.3, 0.4) is 0 Å². The molecule has 0 radical (unpaired) electrons. The number of carbonyl (C=O) groups excluding carboxylic acids is 4. The van der Waals surface area contributed by atoms with Crippen LogP contribution >= 0.6 is 11.6 Å². The van der Waals surface area contributed by atoms with Gasteiger partial charge in [-0.25, -0.2) is 0 Å². The summed E-state index contributed by atoms with van der Waals surface area (Å²) < 4.78 is 12.0. The number of nitrogens with one attached hydrogen (secondary N) is 5. The molecule has 2 fully saturated rings. The van der Waals surface area contributed by atoms with E-state index in [-0.39, 0.29) is 48.5 Å². The van der Waals surface area contributed by atoms with Crippen molar-refractivity contribution in [2.24, 2.45) is 16.2 Å². The highest BCUT2D eigenvalue weighted by atomic mass is 35.5. The van der Waals surface area contributed by atoms with Gasteiger partial charge in [0.1, 0.15) is 42.3 Å². The van der Waals surface area contributed by atoms with Gasteiger partial charge in [0.15, 0.2) is 5.72 Å². The maximum absolute atomic E-state index is 14.0. The number of H-pyrrole nitrogens is 1. The molecule has 1 aliphatic heterocycles. The van der Waals surface area contributed by atoms with E-state index in [9.17, 15) is 34.7 Å². The molecule has 364 valence electrons. The lowest BCUT2D eigenvalue weighted by atomic mass is 9.49. The van der Waals surface area contributed by atoms with Crippen molar-refractivity contribution in [3.8, 4) is 23.1 Å². The molecule has 2 aliphatic rings. The van der Waals surface area contributed by atoms with Crippen LogP contribution in [0.5, 0.6) is 5.75 Å². The molecule has 0 bridgehead atoms. The van der Waals surface area contributed by atoms with Crippen molar-refractivity contribution in [2.45, 2.75) is 117 Å². The topological polar surface area (TPSA) is 244 Å². The second-order valence-electron chi connectivity index (χ2n) is 20.2. The third-order valence-corrected chi connectivity index (χ3v) is 13.2. The molecule has 1 saturated carbocycles. The average molecular weight is 955 g/mol. The number of nitrogens with zero attached hydrogens (tertiary/aromatic N) is 4. The van der Waals surface area contributed by atoms with Crippen molar-refractivity contribution in [1.29, 1.82) is 5.26 Å². The summed E-state index contributed by atoms with van der Waals surface area (Å²) in [4.78, 5) is 55.4. The lowest BCUT2D eigenvalue weighted by Crippen LogP contribution is -2.74. The highest BCUT2D eigenvalue weighted by molar-refractivity contribution is 6.31. The van der Waals surface area contributed by atoms with Gasteiger partial charge in [-0.2, -0.15) is 20.7 Å². The Morgan fingerprint density at radius 1 is 0.985 bits per heavy atom. The number of likely N-dealkylation sites (tertiary alicyclic amines) is 1. The first-order valence-electron chi connectivity index (χ1n) is 22.9. The summed E-state index contributed by atoms with van der Waals surface area (Å²) in [5.74, 6) is -1.27. The molecule has 1 aromatic heterocycles. The summed E-state index contributed by atoms with van der Waals surface area (Å²) >= 11 is 6.24. The predicted octanol–water partition coefficient (Wildman–Crippen LogP) is 5.68. The number of carbonyl (C=O) groups is 4. The molecule has 0 spiro atoms. The summed E-state index contributed by atoms with van der Waals surface area (Å²) in [5, 5.41) is 53.8. The van der Waals surface area contributed by atoms with Crippen LogP contribution < -0.4 is 26.0 Å². The molecule has 4 aromatic rings. The smallest absolute Gasteiger partial charge is 0.251 e. The molecule has 4 atom stereocenters. The summed E-state index contributed by atoms with van der Waals surface area (Å²) in [6, 6.07) is 18.9. The zero-order chi connectivity index (χ0) is 49.6. The monoisotopic (exact) mass is 953 g/mol. The molecule has 7 N–H and O–H groups in total. The van der Waals surface area contributed by atoms with Crippen LogP contribution in [0, 0.1) is 27.6 Å². The standard InChI is InChI=1S/C50H64ClN9O8/c1-47(2,3)41(44(65)60-28-35(61)24-39(60)43(64)57-50(8,66)33-17-12-30(13-18-33)38-27-54-59-58-38)55-40(62)29-67-23-11-9-10-22-53-34-19-14-31(15-20-34)42(63)56-45-48(4,5)46(49(45,6)7)68-36-21-16-32(26-52)37(51)25-36/h12-21,25,27,35,39,41,45-46,53,61,66H,9-11,22-24,28-29H2,1-8H3,(H,55,62)(H,56,63)(H,57,64)(H,54,58,59)/t35-,39+,41-,45?,46?,50+/m1/s1. The molecule has 0 unspecified atom stereocenters. The number of unbranched alkanes of at least 4 members (excludes halogenated alkanes) is 2. The summed E-state index contributed by atoms with van der Waals surface area (Å²) in [6.07, 6.45) is 2.71. The Bertz CT molecular complexity index is 2430. The van der Waals surface area contributed by atoms with Crippen LogP contribution in [0.15, 0.2) is 72.9 Å². The zero-order valence-electron chi connectivity index (χ0n) is 40.0. The Hall–Kier alpha value is -6.06. The number of β-amino-alcohol motifs (C(OH)–C–C–N with tert-alkyl or cyclic N) is 1. The molecular weight excluding hydrogens is 890 g/mol. The van der Waals surface area contributed by atoms with E-state index >= 15 is 0 Å². The number of rotatable bonds is 19. The highest BCUT2D eigenvalue weighted by Gasteiger charge is 2.64. The number of hydrogen-bond acceptors (Lipinski definition) is 12. The van der Waals surface area contributed by atoms with Crippen molar-refractivity contribution in [3.63, 3.8) is 0 Å². The Kier molecular flexibility index (Phi) is 15.9. The second-order valence-corrected chi connectivity index (χ2v) is 20.6. The van der Waals surface area contributed by atoms with E-state index in [4.69, 9.17) is 21.1 Å². The fourth-order valence-corrected chi connectivity index (χ4v) is 9.69. The van der Waals surface area contributed by atoms with E-state index in [0.717, 1.165) is 24.1 Å². The van der Waals surface area contributed by atoms with Crippen LogP contribution in [0.1, 0.15) is 103 Å². The lowest BCUT2D eigenvalue weighted by Gasteiger charge is -2.63. The lowest BCUT2D eigenvalue weighted by molar-refractivity contribution is -0.164.